The average Bonchev–Trinajstić information content (AvgIpc) is 2.70. The molecule has 0 aliphatic rings. The first-order chi connectivity index (χ1) is 13.6. The van der Waals surface area contributed by atoms with E-state index in [1.165, 1.54) is 0 Å². The molecule has 0 saturated heterocycles. The summed E-state index contributed by atoms with van der Waals surface area (Å²) in [5.74, 6) is 1.39. The summed E-state index contributed by atoms with van der Waals surface area (Å²) in [6.07, 6.45) is 0. The molecule has 0 amide bonds. The number of ether oxygens (including phenoxy) is 2. The maximum atomic E-state index is 12.1. The first-order valence-electron chi connectivity index (χ1n) is 8.74. The van der Waals surface area contributed by atoms with Crippen molar-refractivity contribution < 1.29 is 9.47 Å². The van der Waals surface area contributed by atoms with Crippen LogP contribution in [0, 0.1) is 0 Å². The summed E-state index contributed by atoms with van der Waals surface area (Å²) in [5.41, 5.74) is 1.89. The van der Waals surface area contributed by atoms with Crippen molar-refractivity contribution in [3.63, 3.8) is 0 Å². The molecule has 3 aromatic rings. The SMILES string of the molecule is CNCc1ccc(Cl)c(-c2nc(-c3ccc(OCCOC)cc3)nc(=O)[nH]2)c1. The second-order valence-corrected chi connectivity index (χ2v) is 6.44. The van der Waals surface area contributed by atoms with Crippen molar-refractivity contribution in [1.29, 1.82) is 0 Å². The van der Waals surface area contributed by atoms with Gasteiger partial charge in [0, 0.05) is 24.8 Å². The van der Waals surface area contributed by atoms with Crippen molar-refractivity contribution >= 4 is 11.6 Å². The lowest BCUT2D eigenvalue weighted by atomic mass is 10.1. The fourth-order valence-electron chi connectivity index (χ4n) is 2.65. The van der Waals surface area contributed by atoms with E-state index in [2.05, 4.69) is 20.3 Å². The van der Waals surface area contributed by atoms with Gasteiger partial charge in [-0.2, -0.15) is 4.98 Å². The molecule has 0 fully saturated rings. The number of aromatic nitrogens is 3. The Morgan fingerprint density at radius 1 is 1.11 bits per heavy atom. The van der Waals surface area contributed by atoms with Crippen LogP contribution in [-0.4, -0.2) is 42.3 Å². The van der Waals surface area contributed by atoms with Gasteiger partial charge in [0.15, 0.2) is 5.82 Å². The van der Waals surface area contributed by atoms with E-state index in [4.69, 9.17) is 21.1 Å². The van der Waals surface area contributed by atoms with Gasteiger partial charge in [0.05, 0.1) is 11.6 Å². The minimum absolute atomic E-state index is 0.317. The lowest BCUT2D eigenvalue weighted by Gasteiger charge is -2.09. The molecule has 0 saturated carbocycles. The number of nitrogens with zero attached hydrogens (tertiary/aromatic N) is 2. The normalized spacial score (nSPS) is 10.8. The van der Waals surface area contributed by atoms with Crippen molar-refractivity contribution in [2.75, 3.05) is 27.4 Å². The molecule has 0 spiro atoms. The van der Waals surface area contributed by atoms with E-state index in [1.807, 2.05) is 19.2 Å². The van der Waals surface area contributed by atoms with Crippen molar-refractivity contribution in [2.24, 2.45) is 0 Å². The summed E-state index contributed by atoms with van der Waals surface area (Å²) in [5, 5.41) is 3.59. The third-order valence-corrected chi connectivity index (χ3v) is 4.32. The first kappa shape index (κ1) is 20.0. The van der Waals surface area contributed by atoms with E-state index in [-0.39, 0.29) is 0 Å². The molecule has 0 atom stereocenters. The Labute approximate surface area is 167 Å². The number of H-pyrrole nitrogens is 1. The molecule has 0 aliphatic carbocycles. The molecule has 28 heavy (non-hydrogen) atoms. The van der Waals surface area contributed by atoms with Crippen LogP contribution < -0.4 is 15.7 Å². The third-order valence-electron chi connectivity index (χ3n) is 3.99. The van der Waals surface area contributed by atoms with Crippen molar-refractivity contribution in [1.82, 2.24) is 20.3 Å². The van der Waals surface area contributed by atoms with Gasteiger partial charge in [-0.25, -0.2) is 9.78 Å². The lowest BCUT2D eigenvalue weighted by Crippen LogP contribution is -2.14. The standard InChI is InChI=1S/C20H21ClN4O3/c1-22-12-13-3-8-17(21)16(11-13)19-23-18(24-20(26)25-19)14-4-6-15(7-5-14)28-10-9-27-2/h3-8,11,22H,9-10,12H2,1-2H3,(H,23,24,25,26). The zero-order valence-corrected chi connectivity index (χ0v) is 16.4. The van der Waals surface area contributed by atoms with E-state index < -0.39 is 5.69 Å². The van der Waals surface area contributed by atoms with Crippen LogP contribution in [0.1, 0.15) is 5.56 Å². The Hall–Kier alpha value is -2.74. The Morgan fingerprint density at radius 3 is 2.61 bits per heavy atom. The van der Waals surface area contributed by atoms with Crippen LogP contribution >= 0.6 is 11.6 Å². The van der Waals surface area contributed by atoms with Gasteiger partial charge in [-0.3, -0.25) is 4.98 Å². The highest BCUT2D eigenvalue weighted by Gasteiger charge is 2.11. The van der Waals surface area contributed by atoms with Crippen LogP contribution in [-0.2, 0) is 11.3 Å². The summed E-state index contributed by atoms with van der Waals surface area (Å²) in [4.78, 5) is 23.3. The molecule has 7 nitrogen and oxygen atoms in total. The fourth-order valence-corrected chi connectivity index (χ4v) is 2.86. The molecule has 0 radical (unpaired) electrons. The number of nitrogens with one attached hydrogen (secondary N) is 2. The second-order valence-electron chi connectivity index (χ2n) is 6.04. The minimum Gasteiger partial charge on any atom is -0.491 e. The zero-order valence-electron chi connectivity index (χ0n) is 15.7. The molecule has 0 bridgehead atoms. The first-order valence-corrected chi connectivity index (χ1v) is 9.12. The van der Waals surface area contributed by atoms with E-state index in [0.29, 0.717) is 53.3 Å². The zero-order chi connectivity index (χ0) is 19.9. The fraction of sp³-hybridized carbons (Fsp3) is 0.250. The summed E-state index contributed by atoms with van der Waals surface area (Å²) in [6, 6.07) is 12.8. The number of aromatic amines is 1. The Morgan fingerprint density at radius 2 is 1.89 bits per heavy atom. The molecule has 2 N–H and O–H groups in total. The van der Waals surface area contributed by atoms with Gasteiger partial charge in [-0.1, -0.05) is 17.7 Å². The Bertz CT molecular complexity index is 989. The molecule has 146 valence electrons. The molecular weight excluding hydrogens is 380 g/mol. The van der Waals surface area contributed by atoms with Crippen LogP contribution in [0.4, 0.5) is 0 Å². The van der Waals surface area contributed by atoms with Gasteiger partial charge in [0.25, 0.3) is 0 Å². The highest BCUT2D eigenvalue weighted by Crippen LogP contribution is 2.27. The highest BCUT2D eigenvalue weighted by molar-refractivity contribution is 6.33. The maximum absolute atomic E-state index is 12.1. The molecule has 1 aromatic heterocycles. The number of hydrogen-bond acceptors (Lipinski definition) is 6. The van der Waals surface area contributed by atoms with Crippen LogP contribution in [0.15, 0.2) is 47.3 Å². The number of methoxy groups -OCH3 is 1. The van der Waals surface area contributed by atoms with Gasteiger partial charge < -0.3 is 14.8 Å². The second kappa shape index (κ2) is 9.45. The number of benzene rings is 2. The minimum atomic E-state index is -0.490. The van der Waals surface area contributed by atoms with E-state index in [0.717, 1.165) is 5.56 Å². The van der Waals surface area contributed by atoms with Crippen LogP contribution in [0.2, 0.25) is 5.02 Å². The van der Waals surface area contributed by atoms with Crippen LogP contribution in [0.5, 0.6) is 5.75 Å². The largest absolute Gasteiger partial charge is 0.491 e. The third kappa shape index (κ3) is 4.95. The molecule has 0 unspecified atom stereocenters. The summed E-state index contributed by atoms with van der Waals surface area (Å²) < 4.78 is 10.5. The van der Waals surface area contributed by atoms with Crippen molar-refractivity contribution in [3.8, 4) is 28.5 Å². The van der Waals surface area contributed by atoms with E-state index in [1.54, 1.807) is 37.4 Å². The van der Waals surface area contributed by atoms with E-state index in [9.17, 15) is 4.79 Å². The molecule has 2 aromatic carbocycles. The predicted octanol–water partition coefficient (Wildman–Crippen LogP) is 2.90. The molecule has 1 heterocycles. The van der Waals surface area contributed by atoms with Crippen molar-refractivity contribution in [2.45, 2.75) is 6.54 Å². The van der Waals surface area contributed by atoms with Crippen LogP contribution in [0.3, 0.4) is 0 Å². The van der Waals surface area contributed by atoms with E-state index >= 15 is 0 Å². The molecular formula is C20H21ClN4O3. The summed E-state index contributed by atoms with van der Waals surface area (Å²) >= 11 is 6.33. The molecule has 0 aliphatic heterocycles. The molecule has 8 heteroatoms. The van der Waals surface area contributed by atoms with Gasteiger partial charge in [0.2, 0.25) is 0 Å². The topological polar surface area (TPSA) is 89.1 Å². The highest BCUT2D eigenvalue weighted by atomic mass is 35.5. The Kier molecular flexibility index (Phi) is 6.76. The quantitative estimate of drug-likeness (QED) is 0.565. The number of halogens is 1. The predicted molar refractivity (Wildman–Crippen MR) is 109 cm³/mol. The Balaban J connectivity index is 1.92. The summed E-state index contributed by atoms with van der Waals surface area (Å²) in [6.45, 7) is 1.65. The monoisotopic (exact) mass is 400 g/mol. The summed E-state index contributed by atoms with van der Waals surface area (Å²) in [7, 11) is 3.48. The smallest absolute Gasteiger partial charge is 0.348 e. The van der Waals surface area contributed by atoms with Gasteiger partial charge in [-0.15, -0.1) is 0 Å². The maximum Gasteiger partial charge on any atom is 0.348 e. The number of rotatable bonds is 8. The lowest BCUT2D eigenvalue weighted by molar-refractivity contribution is 0.146. The average molecular weight is 401 g/mol. The van der Waals surface area contributed by atoms with Crippen molar-refractivity contribution in [3.05, 3.63) is 63.5 Å². The van der Waals surface area contributed by atoms with Gasteiger partial charge in [-0.05, 0) is 49.0 Å². The number of hydrogen-bond donors (Lipinski definition) is 2. The van der Waals surface area contributed by atoms with Crippen LogP contribution in [0.25, 0.3) is 22.8 Å². The van der Waals surface area contributed by atoms with Gasteiger partial charge in [0.1, 0.15) is 18.2 Å². The molecule has 3 rings (SSSR count). The van der Waals surface area contributed by atoms with Gasteiger partial charge >= 0.3 is 5.69 Å².